The number of hydrogen-bond donors (Lipinski definition) is 0. The van der Waals surface area contributed by atoms with Crippen LogP contribution < -0.4 is 0 Å². The van der Waals surface area contributed by atoms with Crippen molar-refractivity contribution in [1.82, 2.24) is 0 Å². The zero-order chi connectivity index (χ0) is 115. The SMILES string of the molecule is COCCOCCOCCOCCOCCC[Si](C)(C)O[Si](CCC(F)(F)C(F)(F)C(F)(F)C(F)(F)C(F)(F)C(F)(F)C(F)(F)C(F)(F)F)(O[Si](C)(C)CCCOCCOCCOCCOCCOC)O[Si](C)(C)O[Si](C)(C)O[Si](CCC(F)(F)C(F)(F)C(F)(F)C(F)(F)C(F)(F)C(F)(F)C(F)(F)C(F)(F)F)(O[Si](C)(C)CCCOCCOCCOCCOCCOC)O[Si](C)(C)CCCOCCOCCOCCOCCOC. The van der Waals surface area contributed by atoms with Crippen LogP contribution in [0, 0.1) is 0 Å². The van der Waals surface area contributed by atoms with Gasteiger partial charge in [-0.25, -0.2) is 0 Å². The maximum Gasteiger partial charge on any atom is 0.471 e. The highest BCUT2D eigenvalue weighted by Gasteiger charge is 2.97. The van der Waals surface area contributed by atoms with Crippen LogP contribution in [0.3, 0.4) is 0 Å². The van der Waals surface area contributed by atoms with Crippen LogP contribution in [0.25, 0.3) is 0 Å². The summed E-state index contributed by atoms with van der Waals surface area (Å²) >= 11 is 0. The molecule has 0 aromatic heterocycles. The average molecular weight is 2410 g/mol. The third-order valence-corrected chi connectivity index (χ3v) is 52.7. The second-order valence-corrected chi connectivity index (χ2v) is 67.5. The van der Waals surface area contributed by atoms with E-state index in [0.29, 0.717) is 26.4 Å². The van der Waals surface area contributed by atoms with Crippen LogP contribution in [0.15, 0.2) is 0 Å². The van der Waals surface area contributed by atoms with Crippen LogP contribution in [-0.2, 0) is 124 Å². The van der Waals surface area contributed by atoms with E-state index in [2.05, 4.69) is 0 Å². The van der Waals surface area contributed by atoms with E-state index in [1.54, 1.807) is 0 Å². The van der Waals surface area contributed by atoms with E-state index in [1.165, 1.54) is 80.8 Å². The van der Waals surface area contributed by atoms with Gasteiger partial charge in [-0.15, -0.1) is 0 Å². The predicted molar refractivity (Wildman–Crippen MR) is 483 cm³/mol. The van der Waals surface area contributed by atoms with Crippen LogP contribution in [-0.4, -0.2) is 430 Å². The fraction of sp³-hybridized carbons (Fsp3) is 1.00. The molecule has 0 aliphatic heterocycles. The minimum absolute atomic E-state index is 0.0131. The molecule has 0 bridgehead atoms. The highest BCUT2D eigenvalue weighted by atomic mass is 28.5. The first-order valence-corrected chi connectivity index (χ1v) is 68.6. The zero-order valence-corrected chi connectivity index (χ0v) is 93.8. The Balaban J connectivity index is 9.44. The molecule has 0 aromatic rings. The normalized spacial score (nSPS) is 14.8. The maximum absolute atomic E-state index is 17.0. The largest absolute Gasteiger partial charge is 0.471 e. The molecular formula is C80H144F34O27Si8. The topological polar surface area (TPSA) is 249 Å². The Morgan fingerprint density at radius 1 is 0.148 bits per heavy atom. The van der Waals surface area contributed by atoms with Crippen molar-refractivity contribution in [3.05, 3.63) is 0 Å². The number of alkyl halides is 34. The third-order valence-electron chi connectivity index (χ3n) is 20.5. The number of halogens is 34. The van der Waals surface area contributed by atoms with E-state index >= 15 is 87.8 Å². The monoisotopic (exact) mass is 2410 g/mol. The summed E-state index contributed by atoms with van der Waals surface area (Å²) in [6.45, 7) is 13.3. The van der Waals surface area contributed by atoms with Crippen molar-refractivity contribution in [2.24, 2.45) is 0 Å². The van der Waals surface area contributed by atoms with Crippen molar-refractivity contribution < 1.29 is 273 Å². The molecule has 0 amide bonds. The Labute approximate surface area is 852 Å². The molecule has 0 aromatic carbocycles. The molecule has 0 spiro atoms. The third kappa shape index (κ3) is 47.8. The maximum atomic E-state index is 17.0. The Hall–Kier alpha value is -1.72. The number of rotatable bonds is 96. The van der Waals surface area contributed by atoms with E-state index in [4.69, 9.17) is 124 Å². The number of methoxy groups -OCH3 is 4. The lowest BCUT2D eigenvalue weighted by molar-refractivity contribution is -0.461. The van der Waals surface area contributed by atoms with Crippen LogP contribution in [0.5, 0.6) is 0 Å². The first kappa shape index (κ1) is 147. The molecule has 0 N–H and O–H groups in total. The van der Waals surface area contributed by atoms with E-state index in [-0.39, 0.29) is 237 Å². The van der Waals surface area contributed by atoms with Gasteiger partial charge < -0.3 is 124 Å². The molecule has 0 saturated heterocycles. The van der Waals surface area contributed by atoms with Crippen molar-refractivity contribution in [1.29, 1.82) is 0 Å². The minimum atomic E-state index is -9.10. The molecule has 0 aliphatic carbocycles. The fourth-order valence-corrected chi connectivity index (χ4v) is 50.9. The van der Waals surface area contributed by atoms with E-state index < -0.39 is 212 Å². The molecule has 149 heavy (non-hydrogen) atoms. The van der Waals surface area contributed by atoms with E-state index in [9.17, 15) is 61.5 Å². The van der Waals surface area contributed by atoms with Gasteiger partial charge in [-0.2, -0.15) is 149 Å². The van der Waals surface area contributed by atoms with Gasteiger partial charge in [0.2, 0.25) is 0 Å². The standard InChI is InChI=1S/C80H144F34O27Si8/c1-115-27-31-123-43-47-131-55-51-127-39-35-119-23-17-59-142(5,6)135-148(136-143(7,8)60-18-24-120-36-40-128-52-56-132-48-44-124-32-28-116-2,63-21-65(81,82)67(85,86)69(89,90)71(93,94)73(97,98)75(101,102)77(105,106)79(109,110)111)140-146(13,14)139-147(15,16)141-149(137-144(9,10)61-19-25-121-37-41-129-53-57-133-49-45-125-33-29-117-3,138-145(11,12)62-20-26-122-38-42-130-54-58-134-50-46-126-34-30-118-4)64-22-66(83,84)68(87,88)70(91,92)72(95,96)74(99,100)76(103,104)78(107,108)80(112,113)114/h17-64H2,1-16H3. The van der Waals surface area contributed by atoms with Crippen molar-refractivity contribution in [2.75, 3.05) is 266 Å². The average Bonchev–Trinajstić information content (AvgIpc) is 0.696. The summed E-state index contributed by atoms with van der Waals surface area (Å²) in [6, 6.07) is -6.20. The van der Waals surface area contributed by atoms with Crippen molar-refractivity contribution in [3.8, 4) is 0 Å². The molecule has 0 heterocycles. The van der Waals surface area contributed by atoms with Gasteiger partial charge >= 0.3 is 130 Å². The Morgan fingerprint density at radius 3 is 0.430 bits per heavy atom. The summed E-state index contributed by atoms with van der Waals surface area (Å²) in [5.74, 6) is -120. The Bertz CT molecular complexity index is 3230. The number of hydrogen-bond acceptors (Lipinski definition) is 27. The van der Waals surface area contributed by atoms with Gasteiger partial charge in [0.25, 0.3) is 0 Å². The summed E-state index contributed by atoms with van der Waals surface area (Å²) in [4.78, 5) is 0. The van der Waals surface area contributed by atoms with Crippen LogP contribution in [0.2, 0.25) is 115 Å². The highest BCUT2D eigenvalue weighted by Crippen LogP contribution is 2.67. The molecular weight excluding hydrogens is 2260 g/mol. The lowest BCUT2D eigenvalue weighted by Gasteiger charge is -2.48. The zero-order valence-electron chi connectivity index (χ0n) is 85.8. The second-order valence-electron chi connectivity index (χ2n) is 36.4. The lowest BCUT2D eigenvalue weighted by atomic mass is 9.88. The van der Waals surface area contributed by atoms with Gasteiger partial charge in [-0.3, -0.25) is 0 Å². The van der Waals surface area contributed by atoms with Gasteiger partial charge in [0, 0.05) is 79.8 Å². The summed E-state index contributed by atoms with van der Waals surface area (Å²) in [7, 11) is -34.6. The Kier molecular flexibility index (Phi) is 64.6. The van der Waals surface area contributed by atoms with Crippen molar-refractivity contribution in [2.45, 2.75) is 249 Å². The molecule has 69 heteroatoms. The fourth-order valence-electron chi connectivity index (χ4n) is 13.0. The number of ether oxygens (including phenoxy) is 20. The van der Waals surface area contributed by atoms with E-state index in [1.807, 2.05) is 0 Å². The molecule has 0 atom stereocenters. The molecule has 0 radical (unpaired) electrons. The second kappa shape index (κ2) is 65.4. The molecule has 0 unspecified atom stereocenters. The molecule has 0 saturated carbocycles. The lowest BCUT2D eigenvalue weighted by Crippen LogP contribution is -2.74. The molecule has 0 fully saturated rings. The van der Waals surface area contributed by atoms with Crippen LogP contribution in [0.4, 0.5) is 149 Å². The first-order valence-electron chi connectivity index (χ1n) is 46.6. The molecule has 0 aliphatic rings. The van der Waals surface area contributed by atoms with Gasteiger partial charge in [0.1, 0.15) is 0 Å². The Morgan fingerprint density at radius 2 is 0.282 bits per heavy atom. The summed E-state index contributed by atoms with van der Waals surface area (Å²) in [6.07, 6.45) is -23.8. The minimum Gasteiger partial charge on any atom is -0.417 e. The highest BCUT2D eigenvalue weighted by molar-refractivity contribution is 6.93. The van der Waals surface area contributed by atoms with Crippen molar-refractivity contribution in [3.63, 3.8) is 0 Å². The van der Waals surface area contributed by atoms with Crippen LogP contribution in [0.1, 0.15) is 38.5 Å². The smallest absolute Gasteiger partial charge is 0.417 e. The van der Waals surface area contributed by atoms with Crippen LogP contribution >= 0.6 is 0 Å². The van der Waals surface area contributed by atoms with Crippen molar-refractivity contribution >= 4 is 68.0 Å². The van der Waals surface area contributed by atoms with Gasteiger partial charge in [-0.05, 0) is 128 Å². The predicted octanol–water partition coefficient (Wildman–Crippen LogP) is 20.4. The van der Waals surface area contributed by atoms with Gasteiger partial charge in [0.15, 0.2) is 33.3 Å². The molecule has 27 nitrogen and oxygen atoms in total. The first-order chi connectivity index (χ1) is 68.1. The van der Waals surface area contributed by atoms with Gasteiger partial charge in [-0.1, -0.05) is 0 Å². The molecule has 896 valence electrons. The summed E-state index contributed by atoms with van der Waals surface area (Å²) in [5.41, 5.74) is 0. The van der Waals surface area contributed by atoms with Gasteiger partial charge in [0.05, 0.1) is 211 Å². The molecule has 0 rings (SSSR count). The van der Waals surface area contributed by atoms with E-state index in [0.717, 1.165) is 26.2 Å². The summed E-state index contributed by atoms with van der Waals surface area (Å²) in [5, 5.41) is 0. The quantitative estimate of drug-likeness (QED) is 0.0312. The summed E-state index contributed by atoms with van der Waals surface area (Å²) < 4.78 is 668.